The molecule has 6 nitrogen and oxygen atoms in total. The Bertz CT molecular complexity index is 1090. The standard InChI is InChI=1S/C22H22N4O2S/c1-28-17-7-5-16(6-8-17)26-13-23-19-11-15(4-9-21(19)26)18(10-14-2-3-14)20-12-29-22(27)25-24-20/h4-9,11,13-14,18H,2-3,10,12H2,1H3,(H,25,27). The highest BCUT2D eigenvalue weighted by Gasteiger charge is 2.31. The monoisotopic (exact) mass is 406 g/mol. The number of hydrogen-bond donors (Lipinski definition) is 1. The number of aromatic nitrogens is 2. The molecule has 1 atom stereocenters. The zero-order valence-electron chi connectivity index (χ0n) is 16.2. The van der Waals surface area contributed by atoms with E-state index in [1.807, 2.05) is 30.6 Å². The molecule has 0 bridgehead atoms. The van der Waals surface area contributed by atoms with Crippen LogP contribution in [0, 0.1) is 5.92 Å². The van der Waals surface area contributed by atoms with Gasteiger partial charge in [0, 0.05) is 17.4 Å². The quantitative estimate of drug-likeness (QED) is 0.643. The summed E-state index contributed by atoms with van der Waals surface area (Å²) in [4.78, 5) is 16.1. The third kappa shape index (κ3) is 3.74. The molecule has 0 radical (unpaired) electrons. The normalized spacial score (nSPS) is 17.7. The first-order valence-corrected chi connectivity index (χ1v) is 10.8. The summed E-state index contributed by atoms with van der Waals surface area (Å²) in [6.45, 7) is 0. The van der Waals surface area contributed by atoms with Crippen LogP contribution in [0.15, 0.2) is 53.9 Å². The molecule has 1 N–H and O–H groups in total. The van der Waals surface area contributed by atoms with Gasteiger partial charge in [0.25, 0.3) is 5.24 Å². The fourth-order valence-corrected chi connectivity index (χ4v) is 4.50. The molecule has 2 heterocycles. The van der Waals surface area contributed by atoms with Crippen LogP contribution in [0.5, 0.6) is 5.75 Å². The molecule has 1 aliphatic carbocycles. The maximum atomic E-state index is 11.5. The predicted octanol–water partition coefficient (Wildman–Crippen LogP) is 4.73. The molecule has 7 heteroatoms. The zero-order chi connectivity index (χ0) is 19.8. The van der Waals surface area contributed by atoms with Crippen molar-refractivity contribution in [2.24, 2.45) is 11.0 Å². The van der Waals surface area contributed by atoms with Gasteiger partial charge in [-0.2, -0.15) is 5.10 Å². The minimum atomic E-state index is -0.0763. The lowest BCUT2D eigenvalue weighted by Crippen LogP contribution is -2.27. The summed E-state index contributed by atoms with van der Waals surface area (Å²) in [5.74, 6) is 2.48. The van der Waals surface area contributed by atoms with Crippen molar-refractivity contribution < 1.29 is 9.53 Å². The Morgan fingerprint density at radius 2 is 2.07 bits per heavy atom. The first-order valence-electron chi connectivity index (χ1n) is 9.82. The minimum absolute atomic E-state index is 0.0763. The summed E-state index contributed by atoms with van der Waals surface area (Å²) in [5, 5.41) is 4.30. The molecule has 1 amide bonds. The van der Waals surface area contributed by atoms with Crippen molar-refractivity contribution in [1.82, 2.24) is 15.0 Å². The Kier molecular flexibility index (Phi) is 4.75. The summed E-state index contributed by atoms with van der Waals surface area (Å²) in [6, 6.07) is 14.5. The molecule has 148 valence electrons. The number of thioether (sulfide) groups is 1. The first-order chi connectivity index (χ1) is 14.2. The van der Waals surface area contributed by atoms with E-state index >= 15 is 0 Å². The largest absolute Gasteiger partial charge is 0.497 e. The number of imidazole rings is 1. The molecular formula is C22H22N4O2S. The number of hydrazone groups is 1. The number of rotatable bonds is 6. The third-order valence-electron chi connectivity index (χ3n) is 5.63. The van der Waals surface area contributed by atoms with Crippen molar-refractivity contribution in [3.8, 4) is 11.4 Å². The number of methoxy groups -OCH3 is 1. The highest BCUT2D eigenvalue weighted by atomic mass is 32.2. The van der Waals surface area contributed by atoms with E-state index in [1.54, 1.807) is 7.11 Å². The van der Waals surface area contributed by atoms with E-state index in [0.717, 1.165) is 40.5 Å². The fraction of sp³-hybridized carbons (Fsp3) is 0.318. The average Bonchev–Trinajstić information content (AvgIpc) is 3.49. The molecule has 1 saturated carbocycles. The van der Waals surface area contributed by atoms with E-state index in [-0.39, 0.29) is 11.2 Å². The third-order valence-corrected chi connectivity index (χ3v) is 6.43. The van der Waals surface area contributed by atoms with Gasteiger partial charge in [-0.25, -0.2) is 10.4 Å². The van der Waals surface area contributed by atoms with Gasteiger partial charge in [-0.3, -0.25) is 9.36 Å². The van der Waals surface area contributed by atoms with Gasteiger partial charge in [-0.05, 0) is 54.3 Å². The molecule has 1 aromatic heterocycles. The van der Waals surface area contributed by atoms with Crippen LogP contribution in [-0.4, -0.2) is 33.4 Å². The Labute approximate surface area is 173 Å². The van der Waals surface area contributed by atoms with Crippen molar-refractivity contribution in [1.29, 1.82) is 0 Å². The van der Waals surface area contributed by atoms with E-state index in [0.29, 0.717) is 5.75 Å². The number of nitrogens with zero attached hydrogens (tertiary/aromatic N) is 3. The topological polar surface area (TPSA) is 68.5 Å². The maximum Gasteiger partial charge on any atom is 0.299 e. The number of benzene rings is 2. The van der Waals surface area contributed by atoms with Crippen molar-refractivity contribution in [3.63, 3.8) is 0 Å². The van der Waals surface area contributed by atoms with Crippen LogP contribution in [0.1, 0.15) is 30.7 Å². The number of ether oxygens (including phenoxy) is 1. The highest BCUT2D eigenvalue weighted by Crippen LogP contribution is 2.40. The van der Waals surface area contributed by atoms with Gasteiger partial charge in [0.1, 0.15) is 12.1 Å². The molecule has 5 rings (SSSR count). The number of nitrogens with one attached hydrogen (secondary N) is 1. The lowest BCUT2D eigenvalue weighted by Gasteiger charge is -2.22. The van der Waals surface area contributed by atoms with E-state index in [4.69, 9.17) is 4.74 Å². The van der Waals surface area contributed by atoms with Gasteiger partial charge in [-0.15, -0.1) is 0 Å². The van der Waals surface area contributed by atoms with Crippen molar-refractivity contribution in [2.75, 3.05) is 12.9 Å². The molecule has 29 heavy (non-hydrogen) atoms. The molecule has 2 aliphatic rings. The second kappa shape index (κ2) is 7.55. The number of fused-ring (bicyclic) bond motifs is 1. The Morgan fingerprint density at radius 1 is 1.24 bits per heavy atom. The summed E-state index contributed by atoms with van der Waals surface area (Å²) in [5.41, 5.74) is 7.98. The van der Waals surface area contributed by atoms with E-state index in [2.05, 4.69) is 38.3 Å². The fourth-order valence-electron chi connectivity index (χ4n) is 3.85. The lowest BCUT2D eigenvalue weighted by molar-refractivity contribution is 0.261. The second-order valence-electron chi connectivity index (χ2n) is 7.58. The van der Waals surface area contributed by atoms with E-state index < -0.39 is 0 Å². The average molecular weight is 407 g/mol. The molecule has 1 fully saturated rings. The van der Waals surface area contributed by atoms with E-state index in [9.17, 15) is 4.79 Å². The van der Waals surface area contributed by atoms with Crippen molar-refractivity contribution in [3.05, 3.63) is 54.4 Å². The minimum Gasteiger partial charge on any atom is -0.497 e. The van der Waals surface area contributed by atoms with Crippen LogP contribution in [0.3, 0.4) is 0 Å². The van der Waals surface area contributed by atoms with Gasteiger partial charge in [0.15, 0.2) is 0 Å². The number of carbonyl (C=O) groups is 1. The summed E-state index contributed by atoms with van der Waals surface area (Å²) in [7, 11) is 1.67. The van der Waals surface area contributed by atoms with Crippen molar-refractivity contribution in [2.45, 2.75) is 25.2 Å². The van der Waals surface area contributed by atoms with Gasteiger partial charge < -0.3 is 4.74 Å². The number of hydrogen-bond acceptors (Lipinski definition) is 5. The SMILES string of the molecule is COc1ccc(-n2cnc3cc(C(CC4CC4)C4=NNC(=O)SC4)ccc32)cc1. The molecule has 0 saturated heterocycles. The van der Waals surface area contributed by atoms with Gasteiger partial charge in [-0.1, -0.05) is 30.7 Å². The Balaban J connectivity index is 1.48. The molecular weight excluding hydrogens is 384 g/mol. The van der Waals surface area contributed by atoms with E-state index in [1.165, 1.54) is 30.2 Å². The summed E-state index contributed by atoms with van der Waals surface area (Å²) >= 11 is 1.29. The van der Waals surface area contributed by atoms with Crippen LogP contribution in [0.2, 0.25) is 0 Å². The number of carbonyl (C=O) groups excluding carboxylic acids is 1. The number of amides is 1. The van der Waals surface area contributed by atoms with Crippen molar-refractivity contribution >= 4 is 33.7 Å². The molecule has 2 aromatic carbocycles. The second-order valence-corrected chi connectivity index (χ2v) is 8.53. The van der Waals surface area contributed by atoms with Gasteiger partial charge in [0.2, 0.25) is 0 Å². The maximum absolute atomic E-state index is 11.5. The molecule has 1 aliphatic heterocycles. The Hall–Kier alpha value is -2.80. The Morgan fingerprint density at radius 3 is 2.76 bits per heavy atom. The van der Waals surface area contributed by atoms with Crippen LogP contribution in [-0.2, 0) is 0 Å². The summed E-state index contributed by atoms with van der Waals surface area (Å²) < 4.78 is 7.34. The van der Waals surface area contributed by atoms with Gasteiger partial charge >= 0.3 is 0 Å². The molecule has 1 unspecified atom stereocenters. The molecule has 3 aromatic rings. The highest BCUT2D eigenvalue weighted by molar-refractivity contribution is 8.14. The summed E-state index contributed by atoms with van der Waals surface area (Å²) in [6.07, 6.45) is 5.52. The predicted molar refractivity (Wildman–Crippen MR) is 116 cm³/mol. The lowest BCUT2D eigenvalue weighted by atomic mass is 9.89. The van der Waals surface area contributed by atoms with Crippen LogP contribution in [0.4, 0.5) is 4.79 Å². The zero-order valence-corrected chi connectivity index (χ0v) is 17.0. The van der Waals surface area contributed by atoms with Gasteiger partial charge in [0.05, 0.1) is 23.9 Å². The molecule has 0 spiro atoms. The van der Waals surface area contributed by atoms with Crippen LogP contribution < -0.4 is 10.2 Å². The smallest absolute Gasteiger partial charge is 0.299 e. The van der Waals surface area contributed by atoms with Crippen LogP contribution >= 0.6 is 11.8 Å². The van der Waals surface area contributed by atoms with Crippen LogP contribution in [0.25, 0.3) is 16.7 Å². The first kappa shape index (κ1) is 18.2.